The Labute approximate surface area is 202 Å². The molecule has 5 rings (SSSR count). The summed E-state index contributed by atoms with van der Waals surface area (Å²) in [7, 11) is 0. The molecule has 0 unspecified atom stereocenters. The molecule has 0 aliphatic heterocycles. The van der Waals surface area contributed by atoms with Crippen LogP contribution < -0.4 is 10.5 Å². The normalized spacial score (nSPS) is 11.2. The minimum atomic E-state index is 0. The summed E-state index contributed by atoms with van der Waals surface area (Å²) < 4.78 is 7.85. The van der Waals surface area contributed by atoms with Gasteiger partial charge < -0.3 is 10.5 Å². The first-order chi connectivity index (χ1) is 15.5. The monoisotopic (exact) mass is 479 g/mol. The molecule has 0 spiro atoms. The molecule has 3 aromatic carbocycles. The highest BCUT2D eigenvalue weighted by Gasteiger charge is 2.18. The first kappa shape index (κ1) is 22.8. The Morgan fingerprint density at radius 1 is 1.00 bits per heavy atom. The van der Waals surface area contributed by atoms with E-state index < -0.39 is 0 Å². The number of anilines is 1. The molecule has 0 radical (unpaired) electrons. The topological polar surface area (TPSA) is 78.9 Å². The van der Waals surface area contributed by atoms with Gasteiger partial charge in [-0.05, 0) is 60.5 Å². The number of ether oxygens (including phenoxy) is 1. The number of fused-ring (bicyclic) bond motifs is 2. The molecule has 0 aliphatic rings. The fraction of sp³-hybridized carbons (Fsp3) is 0.160. The number of aromatic nitrogens is 4. The van der Waals surface area contributed by atoms with E-state index >= 15 is 0 Å². The molecule has 0 saturated heterocycles. The smallest absolute Gasteiger partial charge is 0.164 e. The van der Waals surface area contributed by atoms with Crippen LogP contribution in [0.4, 0.5) is 5.82 Å². The summed E-state index contributed by atoms with van der Waals surface area (Å²) in [6.07, 6.45) is 1.48. The Morgan fingerprint density at radius 3 is 2.58 bits per heavy atom. The highest BCUT2D eigenvalue weighted by atomic mass is 35.5. The molecule has 2 N–H and O–H groups in total. The zero-order valence-electron chi connectivity index (χ0n) is 18.2. The van der Waals surface area contributed by atoms with Crippen LogP contribution in [0.2, 0.25) is 5.02 Å². The third kappa shape index (κ3) is 4.45. The molecule has 2 heterocycles. The number of nitrogen functional groups attached to an aromatic ring is 1. The first-order valence-electron chi connectivity index (χ1n) is 10.4. The van der Waals surface area contributed by atoms with Gasteiger partial charge >= 0.3 is 0 Å². The summed E-state index contributed by atoms with van der Waals surface area (Å²) in [6.45, 7) is 4.60. The molecule has 2 aromatic heterocycles. The van der Waals surface area contributed by atoms with E-state index in [0.29, 0.717) is 17.4 Å². The maximum Gasteiger partial charge on any atom is 0.164 e. The predicted molar refractivity (Wildman–Crippen MR) is 136 cm³/mol. The van der Waals surface area contributed by atoms with Gasteiger partial charge in [0.1, 0.15) is 30.2 Å². The van der Waals surface area contributed by atoms with Gasteiger partial charge in [0, 0.05) is 16.6 Å². The summed E-state index contributed by atoms with van der Waals surface area (Å²) in [4.78, 5) is 8.60. The Bertz CT molecular complexity index is 1450. The van der Waals surface area contributed by atoms with Crippen molar-refractivity contribution < 1.29 is 4.74 Å². The van der Waals surface area contributed by atoms with Gasteiger partial charge in [0.15, 0.2) is 5.65 Å². The number of nitrogens with zero attached hydrogens (tertiary/aromatic N) is 4. The second-order valence-corrected chi connectivity index (χ2v) is 8.42. The van der Waals surface area contributed by atoms with Gasteiger partial charge in [-0.2, -0.15) is 5.10 Å². The Kier molecular flexibility index (Phi) is 6.40. The summed E-state index contributed by atoms with van der Waals surface area (Å²) in [6, 6.07) is 20.1. The standard InChI is InChI=1S/C25H22ClN5O.ClH/c1-15(2)31-25-22(24(27)28-14-29-25)23(30-31)19-7-6-18-12-21(9-8-17(18)11-19)32-13-16-4-3-5-20(26)10-16;/h3-12,14-15H,13H2,1-2H3,(H2,27,28,29);1H. The van der Waals surface area contributed by atoms with E-state index in [4.69, 9.17) is 27.2 Å². The lowest BCUT2D eigenvalue weighted by atomic mass is 10.0. The highest BCUT2D eigenvalue weighted by molar-refractivity contribution is 6.30. The van der Waals surface area contributed by atoms with Crippen molar-refractivity contribution in [3.63, 3.8) is 0 Å². The number of halogens is 2. The minimum Gasteiger partial charge on any atom is -0.489 e. The predicted octanol–water partition coefficient (Wildman–Crippen LogP) is 6.46. The second kappa shape index (κ2) is 9.25. The summed E-state index contributed by atoms with van der Waals surface area (Å²) in [5, 5.41) is 8.46. The maximum atomic E-state index is 6.20. The van der Waals surface area contributed by atoms with Crippen LogP contribution in [0.5, 0.6) is 5.75 Å². The average molecular weight is 480 g/mol. The summed E-state index contributed by atoms with van der Waals surface area (Å²) in [5.74, 6) is 1.24. The van der Waals surface area contributed by atoms with Crippen molar-refractivity contribution in [3.05, 3.63) is 77.6 Å². The maximum absolute atomic E-state index is 6.20. The lowest BCUT2D eigenvalue weighted by Crippen LogP contribution is -2.04. The molecule has 0 amide bonds. The van der Waals surface area contributed by atoms with Crippen LogP contribution in [-0.4, -0.2) is 19.7 Å². The number of hydrogen-bond acceptors (Lipinski definition) is 5. The molecule has 8 heteroatoms. The van der Waals surface area contributed by atoms with Crippen molar-refractivity contribution >= 4 is 51.6 Å². The van der Waals surface area contributed by atoms with E-state index in [9.17, 15) is 0 Å². The number of rotatable bonds is 5. The van der Waals surface area contributed by atoms with Crippen LogP contribution in [-0.2, 0) is 6.61 Å². The average Bonchev–Trinajstić information content (AvgIpc) is 3.19. The molecular weight excluding hydrogens is 457 g/mol. The lowest BCUT2D eigenvalue weighted by molar-refractivity contribution is 0.306. The Balaban J connectivity index is 0.00000259. The van der Waals surface area contributed by atoms with Crippen molar-refractivity contribution in [2.24, 2.45) is 0 Å². The molecular formula is C25H23Cl2N5O. The summed E-state index contributed by atoms with van der Waals surface area (Å²) >= 11 is 6.06. The highest BCUT2D eigenvalue weighted by Crippen LogP contribution is 2.33. The largest absolute Gasteiger partial charge is 0.489 e. The van der Waals surface area contributed by atoms with Crippen LogP contribution in [0.15, 0.2) is 67.0 Å². The van der Waals surface area contributed by atoms with Crippen molar-refractivity contribution in [1.29, 1.82) is 0 Å². The van der Waals surface area contributed by atoms with Crippen molar-refractivity contribution in [1.82, 2.24) is 19.7 Å². The van der Waals surface area contributed by atoms with Crippen LogP contribution >= 0.6 is 24.0 Å². The van der Waals surface area contributed by atoms with Crippen molar-refractivity contribution in [3.8, 4) is 17.0 Å². The molecule has 168 valence electrons. The van der Waals surface area contributed by atoms with Crippen molar-refractivity contribution in [2.75, 3.05) is 5.73 Å². The quantitative estimate of drug-likeness (QED) is 0.312. The number of nitrogens with two attached hydrogens (primary N) is 1. The molecule has 0 atom stereocenters. The van der Waals surface area contributed by atoms with Gasteiger partial charge in [-0.15, -0.1) is 12.4 Å². The molecule has 0 saturated carbocycles. The van der Waals surface area contributed by atoms with Crippen LogP contribution in [0, 0.1) is 0 Å². The summed E-state index contributed by atoms with van der Waals surface area (Å²) in [5.41, 5.74) is 9.73. The van der Waals surface area contributed by atoms with Gasteiger partial charge in [-0.1, -0.05) is 41.9 Å². The molecule has 0 fully saturated rings. The van der Waals surface area contributed by atoms with Crippen LogP contribution in [0.1, 0.15) is 25.5 Å². The first-order valence-corrected chi connectivity index (χ1v) is 10.8. The molecule has 5 aromatic rings. The van der Waals surface area contributed by atoms with Crippen LogP contribution in [0.3, 0.4) is 0 Å². The van der Waals surface area contributed by atoms with Gasteiger partial charge in [0.25, 0.3) is 0 Å². The number of hydrogen-bond donors (Lipinski definition) is 1. The SMILES string of the molecule is CC(C)n1nc(-c2ccc3cc(OCc4cccc(Cl)c4)ccc3c2)c2c(N)ncnc21.Cl. The number of benzene rings is 3. The van der Waals surface area contributed by atoms with E-state index in [2.05, 4.69) is 35.9 Å². The molecule has 0 bridgehead atoms. The molecule has 0 aliphatic carbocycles. The van der Waals surface area contributed by atoms with Gasteiger partial charge in [0.2, 0.25) is 0 Å². The third-order valence-electron chi connectivity index (χ3n) is 5.39. The van der Waals surface area contributed by atoms with E-state index in [-0.39, 0.29) is 18.4 Å². The molecule has 33 heavy (non-hydrogen) atoms. The lowest BCUT2D eigenvalue weighted by Gasteiger charge is -2.09. The second-order valence-electron chi connectivity index (χ2n) is 7.99. The zero-order chi connectivity index (χ0) is 22.2. The van der Waals surface area contributed by atoms with E-state index in [1.807, 2.05) is 53.2 Å². The third-order valence-corrected chi connectivity index (χ3v) is 5.62. The Hall–Kier alpha value is -3.35. The Morgan fingerprint density at radius 2 is 1.79 bits per heavy atom. The van der Waals surface area contributed by atoms with Crippen LogP contribution in [0.25, 0.3) is 33.1 Å². The van der Waals surface area contributed by atoms with E-state index in [1.54, 1.807) is 0 Å². The fourth-order valence-corrected chi connectivity index (χ4v) is 4.02. The van der Waals surface area contributed by atoms with E-state index in [1.165, 1.54) is 6.33 Å². The van der Waals surface area contributed by atoms with E-state index in [0.717, 1.165) is 44.4 Å². The molecule has 6 nitrogen and oxygen atoms in total. The minimum absolute atomic E-state index is 0. The van der Waals surface area contributed by atoms with Gasteiger partial charge in [-0.3, -0.25) is 0 Å². The van der Waals surface area contributed by atoms with Gasteiger partial charge in [0.05, 0.1) is 5.39 Å². The zero-order valence-corrected chi connectivity index (χ0v) is 19.8. The van der Waals surface area contributed by atoms with Gasteiger partial charge in [-0.25, -0.2) is 14.6 Å². The van der Waals surface area contributed by atoms with Crippen molar-refractivity contribution in [2.45, 2.75) is 26.5 Å². The fourth-order valence-electron chi connectivity index (χ4n) is 3.81.